The maximum Gasteiger partial charge on any atom is 0.409 e. The second-order valence-corrected chi connectivity index (χ2v) is 9.61. The largest absolute Gasteiger partial charge is 0.471 e. The minimum absolute atomic E-state index is 0.00382. The predicted octanol–water partition coefficient (Wildman–Crippen LogP) is 2.98. The number of piperidine rings is 1. The summed E-state index contributed by atoms with van der Waals surface area (Å²) in [6.07, 6.45) is 5.24. The van der Waals surface area contributed by atoms with E-state index in [0.717, 1.165) is 58.3 Å². The molecule has 9 heteroatoms. The number of amides is 1. The first-order valence-electron chi connectivity index (χ1n) is 11.5. The van der Waals surface area contributed by atoms with Crippen molar-refractivity contribution in [2.75, 3.05) is 46.4 Å². The molecule has 0 bridgehead atoms. The zero-order valence-corrected chi connectivity index (χ0v) is 19.0. The van der Waals surface area contributed by atoms with Gasteiger partial charge in [-0.1, -0.05) is 0 Å². The van der Waals surface area contributed by atoms with E-state index in [1.165, 1.54) is 7.11 Å². The Balaban J connectivity index is 0.000000628. The van der Waals surface area contributed by atoms with Crippen LogP contribution >= 0.6 is 0 Å². The minimum atomic E-state index is -2.51. The number of likely N-dealkylation sites (tertiary alicyclic amines) is 3. The summed E-state index contributed by atoms with van der Waals surface area (Å²) < 4.78 is 36.4. The Morgan fingerprint density at radius 1 is 1.10 bits per heavy atom. The molecule has 0 aromatic heterocycles. The summed E-state index contributed by atoms with van der Waals surface area (Å²) in [5, 5.41) is 0. The highest BCUT2D eigenvalue weighted by molar-refractivity contribution is 5.68. The number of methoxy groups -OCH3 is 1. The van der Waals surface area contributed by atoms with Crippen molar-refractivity contribution in [2.45, 2.75) is 76.4 Å². The lowest BCUT2D eigenvalue weighted by Crippen LogP contribution is -2.56. The van der Waals surface area contributed by atoms with Gasteiger partial charge in [0.1, 0.15) is 0 Å². The van der Waals surface area contributed by atoms with Crippen molar-refractivity contribution in [1.82, 2.24) is 14.7 Å². The van der Waals surface area contributed by atoms with Crippen molar-refractivity contribution in [3.8, 4) is 0 Å². The van der Waals surface area contributed by atoms with E-state index in [9.17, 15) is 13.6 Å². The molecule has 31 heavy (non-hydrogen) atoms. The highest BCUT2D eigenvalue weighted by Crippen LogP contribution is 2.50. The van der Waals surface area contributed by atoms with Crippen LogP contribution in [0.1, 0.15) is 52.4 Å². The molecule has 3 aliphatic heterocycles. The standard InChI is InChI=1S/C20H33F2N3O2.C2H4O2/c1-3-27-18(26)24-9-6-19(13-24)11-17(12-19)23-7-4-16(5-8-23)25-14-20(21,22)10-15(25)2;1-4-2-3/h15-17H,3-14H2,1-2H3;2H,1H3. The van der Waals surface area contributed by atoms with Gasteiger partial charge in [-0.05, 0) is 64.5 Å². The van der Waals surface area contributed by atoms with Gasteiger partial charge in [-0.15, -0.1) is 0 Å². The van der Waals surface area contributed by atoms with Crippen molar-refractivity contribution in [1.29, 1.82) is 0 Å². The first-order chi connectivity index (χ1) is 14.7. The SMILES string of the molecule is CCOC(=O)N1CCC2(CC(N3CCC(N4CC(F)(F)CC4C)CC3)C2)C1.COC=O. The number of alkyl halides is 2. The van der Waals surface area contributed by atoms with Crippen LogP contribution in [0.2, 0.25) is 0 Å². The van der Waals surface area contributed by atoms with Crippen molar-refractivity contribution in [3.05, 3.63) is 0 Å². The first kappa shape index (κ1) is 24.2. The molecule has 4 fully saturated rings. The van der Waals surface area contributed by atoms with Crippen LogP contribution < -0.4 is 0 Å². The Morgan fingerprint density at radius 3 is 2.26 bits per heavy atom. The number of ether oxygens (including phenoxy) is 2. The van der Waals surface area contributed by atoms with Crippen LogP contribution in [0.4, 0.5) is 13.6 Å². The van der Waals surface area contributed by atoms with Gasteiger partial charge in [0.2, 0.25) is 0 Å². The van der Waals surface area contributed by atoms with Crippen LogP contribution in [0.5, 0.6) is 0 Å². The van der Waals surface area contributed by atoms with Crippen molar-refractivity contribution in [3.63, 3.8) is 0 Å². The van der Waals surface area contributed by atoms with Crippen molar-refractivity contribution in [2.24, 2.45) is 5.41 Å². The highest BCUT2D eigenvalue weighted by atomic mass is 19.3. The number of carbonyl (C=O) groups excluding carboxylic acids is 2. The van der Waals surface area contributed by atoms with Gasteiger partial charge in [-0.25, -0.2) is 13.6 Å². The molecule has 0 radical (unpaired) electrons. The fourth-order valence-electron chi connectivity index (χ4n) is 5.95. The quantitative estimate of drug-likeness (QED) is 0.620. The number of rotatable bonds is 4. The zero-order chi connectivity index (χ0) is 22.6. The molecule has 1 atom stereocenters. The Labute approximate surface area is 184 Å². The zero-order valence-electron chi connectivity index (χ0n) is 19.0. The van der Waals surface area contributed by atoms with E-state index in [2.05, 4.69) is 9.64 Å². The maximum absolute atomic E-state index is 13.7. The fourth-order valence-corrected chi connectivity index (χ4v) is 5.95. The van der Waals surface area contributed by atoms with Gasteiger partial charge in [0.05, 0.1) is 20.3 Å². The molecule has 1 saturated carbocycles. The van der Waals surface area contributed by atoms with Gasteiger partial charge in [-0.2, -0.15) is 0 Å². The van der Waals surface area contributed by atoms with Gasteiger partial charge in [-0.3, -0.25) is 9.69 Å². The first-order valence-corrected chi connectivity index (χ1v) is 11.5. The van der Waals surface area contributed by atoms with Crippen LogP contribution in [-0.4, -0.2) is 97.8 Å². The second-order valence-electron chi connectivity index (χ2n) is 9.61. The van der Waals surface area contributed by atoms with Crippen molar-refractivity contribution < 1.29 is 27.8 Å². The normalized spacial score (nSPS) is 33.5. The molecule has 4 rings (SSSR count). The average Bonchev–Trinajstić information content (AvgIpc) is 3.28. The average molecular weight is 446 g/mol. The van der Waals surface area contributed by atoms with E-state index in [-0.39, 0.29) is 25.1 Å². The van der Waals surface area contributed by atoms with Gasteiger partial charge in [0, 0.05) is 37.6 Å². The number of halogens is 2. The molecule has 0 N–H and O–H groups in total. The van der Waals surface area contributed by atoms with Crippen molar-refractivity contribution >= 4 is 12.6 Å². The van der Waals surface area contributed by atoms with E-state index < -0.39 is 5.92 Å². The van der Waals surface area contributed by atoms with Crippen LogP contribution in [0, 0.1) is 5.41 Å². The topological polar surface area (TPSA) is 62.3 Å². The van der Waals surface area contributed by atoms with E-state index in [1.54, 1.807) is 0 Å². The molecular weight excluding hydrogens is 408 g/mol. The Hall–Kier alpha value is -1.48. The lowest BCUT2D eigenvalue weighted by Gasteiger charge is -2.52. The second kappa shape index (κ2) is 9.98. The van der Waals surface area contributed by atoms with Crippen LogP contribution in [-0.2, 0) is 14.3 Å². The third-order valence-corrected chi connectivity index (χ3v) is 7.46. The molecule has 1 aliphatic carbocycles. The summed E-state index contributed by atoms with van der Waals surface area (Å²) in [7, 11) is 1.31. The summed E-state index contributed by atoms with van der Waals surface area (Å²) in [4.78, 5) is 27.4. The third kappa shape index (κ3) is 5.66. The van der Waals surface area contributed by atoms with E-state index in [0.29, 0.717) is 30.6 Å². The van der Waals surface area contributed by atoms with Gasteiger partial charge >= 0.3 is 6.09 Å². The molecule has 0 aromatic carbocycles. The third-order valence-electron chi connectivity index (χ3n) is 7.46. The maximum atomic E-state index is 13.7. The van der Waals surface area contributed by atoms with E-state index in [4.69, 9.17) is 9.53 Å². The molecule has 3 saturated heterocycles. The predicted molar refractivity (Wildman–Crippen MR) is 112 cm³/mol. The van der Waals surface area contributed by atoms with Gasteiger partial charge < -0.3 is 19.3 Å². The number of nitrogens with zero attached hydrogens (tertiary/aromatic N) is 3. The smallest absolute Gasteiger partial charge is 0.409 e. The fraction of sp³-hybridized carbons (Fsp3) is 0.909. The molecule has 1 amide bonds. The molecule has 0 aromatic rings. The number of carbonyl (C=O) groups is 2. The van der Waals surface area contributed by atoms with Crippen LogP contribution in [0.15, 0.2) is 0 Å². The summed E-state index contributed by atoms with van der Waals surface area (Å²) in [5.41, 5.74) is 0.291. The molecule has 4 aliphatic rings. The van der Waals surface area contributed by atoms with E-state index in [1.807, 2.05) is 23.6 Å². The highest BCUT2D eigenvalue weighted by Gasteiger charge is 2.52. The number of hydrogen-bond acceptors (Lipinski definition) is 6. The molecule has 1 unspecified atom stereocenters. The Bertz CT molecular complexity index is 622. The molecular formula is C22H37F2N3O4. The minimum Gasteiger partial charge on any atom is -0.471 e. The molecule has 3 heterocycles. The molecule has 1 spiro atoms. The Morgan fingerprint density at radius 2 is 1.74 bits per heavy atom. The summed E-state index contributed by atoms with van der Waals surface area (Å²) in [6.45, 7) is 8.21. The monoisotopic (exact) mass is 445 g/mol. The Kier molecular flexibility index (Phi) is 7.78. The van der Waals surface area contributed by atoms with Gasteiger partial charge in [0.25, 0.3) is 12.4 Å². The summed E-state index contributed by atoms with van der Waals surface area (Å²) in [5.74, 6) is -2.51. The summed E-state index contributed by atoms with van der Waals surface area (Å²) in [6, 6.07) is 0.908. The van der Waals surface area contributed by atoms with Gasteiger partial charge in [0.15, 0.2) is 0 Å². The van der Waals surface area contributed by atoms with E-state index >= 15 is 0 Å². The molecule has 178 valence electrons. The lowest BCUT2D eigenvalue weighted by molar-refractivity contribution is -0.126. The summed E-state index contributed by atoms with van der Waals surface area (Å²) >= 11 is 0. The van der Waals surface area contributed by atoms with Crippen LogP contribution in [0.3, 0.4) is 0 Å². The van der Waals surface area contributed by atoms with Crippen LogP contribution in [0.25, 0.3) is 0 Å². The number of hydrogen-bond donors (Lipinski definition) is 0. The molecule has 7 nitrogen and oxygen atoms in total. The lowest BCUT2D eigenvalue weighted by atomic mass is 9.64.